The highest BCUT2D eigenvalue weighted by Gasteiger charge is 2.23. The number of aromatic nitrogens is 2. The Morgan fingerprint density at radius 3 is 3.00 bits per heavy atom. The van der Waals surface area contributed by atoms with Gasteiger partial charge in [0.1, 0.15) is 0 Å². The van der Waals surface area contributed by atoms with Crippen molar-refractivity contribution in [1.82, 2.24) is 10.1 Å². The van der Waals surface area contributed by atoms with Crippen LogP contribution in [0.2, 0.25) is 0 Å². The molecule has 0 radical (unpaired) electrons. The molecule has 0 saturated heterocycles. The third kappa shape index (κ3) is 2.02. The van der Waals surface area contributed by atoms with Crippen LogP contribution in [0, 0.1) is 0 Å². The number of ether oxygens (including phenoxy) is 3. The molecule has 1 aromatic heterocycles. The number of rotatable bonds is 4. The van der Waals surface area contributed by atoms with Crippen LogP contribution in [0.1, 0.15) is 11.5 Å². The summed E-state index contributed by atoms with van der Waals surface area (Å²) in [5.74, 6) is 2.21. The molecule has 0 atom stereocenters. The van der Waals surface area contributed by atoms with Crippen molar-refractivity contribution >= 4 is 0 Å². The lowest BCUT2D eigenvalue weighted by molar-refractivity contribution is 0.163. The first-order valence-corrected chi connectivity index (χ1v) is 5.77. The van der Waals surface area contributed by atoms with Gasteiger partial charge >= 0.3 is 0 Å². The molecule has 7 nitrogen and oxygen atoms in total. The minimum atomic E-state index is 0.204. The first-order chi connectivity index (χ1) is 9.33. The quantitative estimate of drug-likeness (QED) is 0.881. The molecule has 7 heteroatoms. The first kappa shape index (κ1) is 11.9. The summed E-state index contributed by atoms with van der Waals surface area (Å²) in [4.78, 5) is 4.21. The summed E-state index contributed by atoms with van der Waals surface area (Å²) in [6, 6.07) is 3.67. The van der Waals surface area contributed by atoms with Gasteiger partial charge in [-0.1, -0.05) is 5.16 Å². The predicted molar refractivity (Wildman–Crippen MR) is 64.5 cm³/mol. The Balaban J connectivity index is 2.09. The number of benzene rings is 1. The van der Waals surface area contributed by atoms with E-state index < -0.39 is 0 Å². The third-order valence-electron chi connectivity index (χ3n) is 2.81. The van der Waals surface area contributed by atoms with Crippen LogP contribution >= 0.6 is 0 Å². The smallest absolute Gasteiger partial charge is 0.240 e. The summed E-state index contributed by atoms with van der Waals surface area (Å²) in [5, 5.41) is 3.91. The SMILES string of the molecule is COCc1c(-c2noc(CN)n2)ccc2c1OCO2. The molecule has 2 N–H and O–H groups in total. The Morgan fingerprint density at radius 2 is 2.26 bits per heavy atom. The minimum Gasteiger partial charge on any atom is -0.454 e. The number of hydrogen-bond acceptors (Lipinski definition) is 7. The second kappa shape index (κ2) is 4.87. The normalized spacial score (nSPS) is 12.9. The van der Waals surface area contributed by atoms with Crippen LogP contribution in [-0.2, 0) is 17.9 Å². The number of hydrogen-bond donors (Lipinski definition) is 1. The molecule has 0 unspecified atom stereocenters. The van der Waals surface area contributed by atoms with Gasteiger partial charge in [0.15, 0.2) is 11.5 Å². The highest BCUT2D eigenvalue weighted by molar-refractivity contribution is 5.67. The fourth-order valence-electron chi connectivity index (χ4n) is 1.97. The Labute approximate surface area is 109 Å². The van der Waals surface area contributed by atoms with Crippen LogP contribution in [0.5, 0.6) is 11.5 Å². The van der Waals surface area contributed by atoms with Gasteiger partial charge < -0.3 is 24.5 Å². The van der Waals surface area contributed by atoms with E-state index in [9.17, 15) is 0 Å². The van der Waals surface area contributed by atoms with Gasteiger partial charge in [-0.15, -0.1) is 0 Å². The topological polar surface area (TPSA) is 92.6 Å². The highest BCUT2D eigenvalue weighted by atomic mass is 16.7. The van der Waals surface area contributed by atoms with Crippen LogP contribution in [-0.4, -0.2) is 24.0 Å². The van der Waals surface area contributed by atoms with Gasteiger partial charge in [-0.3, -0.25) is 0 Å². The second-order valence-corrected chi connectivity index (χ2v) is 3.97. The molecule has 1 aliphatic rings. The van der Waals surface area contributed by atoms with Crippen molar-refractivity contribution < 1.29 is 18.7 Å². The lowest BCUT2D eigenvalue weighted by Crippen LogP contribution is -1.98. The van der Waals surface area contributed by atoms with Crippen molar-refractivity contribution in [2.75, 3.05) is 13.9 Å². The van der Waals surface area contributed by atoms with Crippen molar-refractivity contribution in [3.8, 4) is 22.9 Å². The molecule has 0 saturated carbocycles. The first-order valence-electron chi connectivity index (χ1n) is 5.77. The third-order valence-corrected chi connectivity index (χ3v) is 2.81. The number of nitrogens with two attached hydrogens (primary N) is 1. The van der Waals surface area contributed by atoms with Crippen molar-refractivity contribution in [3.63, 3.8) is 0 Å². The van der Waals surface area contributed by atoms with E-state index >= 15 is 0 Å². The Kier molecular flexibility index (Phi) is 3.06. The maximum absolute atomic E-state index is 5.46. The largest absolute Gasteiger partial charge is 0.454 e. The molecular formula is C12H13N3O4. The lowest BCUT2D eigenvalue weighted by atomic mass is 10.1. The molecule has 2 aromatic rings. The van der Waals surface area contributed by atoms with E-state index in [4.69, 9.17) is 24.5 Å². The van der Waals surface area contributed by atoms with Crippen molar-refractivity contribution in [2.45, 2.75) is 13.2 Å². The molecule has 1 aromatic carbocycles. The molecule has 0 fully saturated rings. The molecule has 0 spiro atoms. The van der Waals surface area contributed by atoms with Crippen LogP contribution in [0.25, 0.3) is 11.4 Å². The number of nitrogens with zero attached hydrogens (tertiary/aromatic N) is 2. The van der Waals surface area contributed by atoms with E-state index in [-0.39, 0.29) is 13.3 Å². The van der Waals surface area contributed by atoms with Gasteiger partial charge in [-0.25, -0.2) is 0 Å². The van der Waals surface area contributed by atoms with Crippen molar-refractivity contribution in [3.05, 3.63) is 23.6 Å². The van der Waals surface area contributed by atoms with E-state index in [0.29, 0.717) is 29.8 Å². The summed E-state index contributed by atoms with van der Waals surface area (Å²) >= 11 is 0. The molecule has 0 aliphatic carbocycles. The van der Waals surface area contributed by atoms with Gasteiger partial charge in [0.05, 0.1) is 13.2 Å². The predicted octanol–water partition coefficient (Wildman–Crippen LogP) is 1.07. The van der Waals surface area contributed by atoms with Crippen LogP contribution < -0.4 is 15.2 Å². The number of fused-ring (bicyclic) bond motifs is 1. The molecule has 2 heterocycles. The zero-order valence-corrected chi connectivity index (χ0v) is 10.4. The summed E-state index contributed by atoms with van der Waals surface area (Å²) < 4.78 is 21.0. The molecular weight excluding hydrogens is 250 g/mol. The zero-order valence-electron chi connectivity index (χ0n) is 10.4. The second-order valence-electron chi connectivity index (χ2n) is 3.97. The summed E-state index contributed by atoms with van der Waals surface area (Å²) in [5.41, 5.74) is 7.08. The molecule has 3 rings (SSSR count). The summed E-state index contributed by atoms with van der Waals surface area (Å²) in [6.45, 7) is 0.779. The van der Waals surface area contributed by atoms with E-state index in [1.54, 1.807) is 7.11 Å². The summed E-state index contributed by atoms with van der Waals surface area (Å²) in [7, 11) is 1.61. The van der Waals surface area contributed by atoms with Crippen LogP contribution in [0.15, 0.2) is 16.7 Å². The molecule has 100 valence electrons. The van der Waals surface area contributed by atoms with E-state index in [2.05, 4.69) is 10.1 Å². The standard InChI is InChI=1S/C12H13N3O4/c1-16-5-8-7(12-14-10(4-13)19-15-12)2-3-9-11(8)18-6-17-9/h2-3H,4-6,13H2,1H3. The average Bonchev–Trinajstić information content (AvgIpc) is 3.07. The number of methoxy groups -OCH3 is 1. The molecule has 0 bridgehead atoms. The van der Waals surface area contributed by atoms with Crippen LogP contribution in [0.3, 0.4) is 0 Å². The van der Waals surface area contributed by atoms with Gasteiger partial charge in [-0.2, -0.15) is 4.98 Å². The zero-order chi connectivity index (χ0) is 13.2. The maximum atomic E-state index is 5.46. The fraction of sp³-hybridized carbons (Fsp3) is 0.333. The molecule has 1 aliphatic heterocycles. The average molecular weight is 263 g/mol. The maximum Gasteiger partial charge on any atom is 0.240 e. The van der Waals surface area contributed by atoms with Crippen molar-refractivity contribution in [2.24, 2.45) is 5.73 Å². The van der Waals surface area contributed by atoms with Crippen LogP contribution in [0.4, 0.5) is 0 Å². The Morgan fingerprint density at radius 1 is 1.37 bits per heavy atom. The Hall–Kier alpha value is -2.12. The fourth-order valence-corrected chi connectivity index (χ4v) is 1.97. The van der Waals surface area contributed by atoms with E-state index in [1.807, 2.05) is 12.1 Å². The lowest BCUT2D eigenvalue weighted by Gasteiger charge is -2.08. The molecule has 0 amide bonds. The van der Waals surface area contributed by atoms with Gasteiger partial charge in [0, 0.05) is 18.2 Å². The highest BCUT2D eigenvalue weighted by Crippen LogP contribution is 2.40. The van der Waals surface area contributed by atoms with Crippen molar-refractivity contribution in [1.29, 1.82) is 0 Å². The van der Waals surface area contributed by atoms with E-state index in [1.165, 1.54) is 0 Å². The van der Waals surface area contributed by atoms with E-state index in [0.717, 1.165) is 11.1 Å². The monoisotopic (exact) mass is 263 g/mol. The van der Waals surface area contributed by atoms with Gasteiger partial charge in [-0.05, 0) is 12.1 Å². The summed E-state index contributed by atoms with van der Waals surface area (Å²) in [6.07, 6.45) is 0. The Bertz CT molecular complexity index is 597. The van der Waals surface area contributed by atoms with Gasteiger partial charge in [0.2, 0.25) is 18.5 Å². The molecule has 19 heavy (non-hydrogen) atoms. The minimum absolute atomic E-state index is 0.204. The van der Waals surface area contributed by atoms with Gasteiger partial charge in [0.25, 0.3) is 0 Å².